The van der Waals surface area contributed by atoms with Gasteiger partial charge in [0.1, 0.15) is 11.5 Å². The lowest BCUT2D eigenvalue weighted by Crippen LogP contribution is -2.12. The zero-order valence-electron chi connectivity index (χ0n) is 12.6. The molecule has 2 aromatic rings. The van der Waals surface area contributed by atoms with Crippen molar-refractivity contribution in [1.29, 1.82) is 0 Å². The summed E-state index contributed by atoms with van der Waals surface area (Å²) in [6, 6.07) is 5.72. The van der Waals surface area contributed by atoms with Crippen molar-refractivity contribution in [3.8, 4) is 5.88 Å². The predicted molar refractivity (Wildman–Crippen MR) is 78.0 cm³/mol. The Morgan fingerprint density at radius 1 is 1.15 bits per heavy atom. The second kappa shape index (κ2) is 5.94. The molecule has 108 valence electrons. The van der Waals surface area contributed by atoms with Gasteiger partial charge in [0.15, 0.2) is 0 Å². The van der Waals surface area contributed by atoms with Crippen molar-refractivity contribution in [3.63, 3.8) is 0 Å². The molecule has 0 spiro atoms. The van der Waals surface area contributed by atoms with Crippen LogP contribution < -0.4 is 10.1 Å². The zero-order valence-corrected chi connectivity index (χ0v) is 12.6. The van der Waals surface area contributed by atoms with Crippen molar-refractivity contribution >= 4 is 5.95 Å². The van der Waals surface area contributed by atoms with Crippen molar-refractivity contribution < 1.29 is 9.15 Å². The van der Waals surface area contributed by atoms with E-state index in [1.807, 2.05) is 52.8 Å². The molecule has 0 radical (unpaired) electrons. The van der Waals surface area contributed by atoms with Gasteiger partial charge in [-0.25, -0.2) is 4.98 Å². The van der Waals surface area contributed by atoms with Crippen LogP contribution in [0.15, 0.2) is 22.6 Å². The first-order valence-electron chi connectivity index (χ1n) is 6.79. The number of nitrogens with zero attached hydrogens (tertiary/aromatic N) is 2. The first kappa shape index (κ1) is 14.4. The van der Waals surface area contributed by atoms with E-state index in [2.05, 4.69) is 15.3 Å². The molecule has 20 heavy (non-hydrogen) atoms. The van der Waals surface area contributed by atoms with E-state index in [0.29, 0.717) is 11.8 Å². The molecule has 0 aliphatic heterocycles. The standard InChI is InChI=1S/C15H21N3O2/c1-9(2)19-14-8-10(3)16-15(18-14)17-12(5)13-7-6-11(4)20-13/h6-9,12H,1-5H3,(H,16,17,18). The van der Waals surface area contributed by atoms with Crippen LogP contribution in [0.4, 0.5) is 5.95 Å². The van der Waals surface area contributed by atoms with Crippen LogP contribution in [0.1, 0.15) is 44.0 Å². The predicted octanol–water partition coefficient (Wildman–Crippen LogP) is 3.65. The van der Waals surface area contributed by atoms with Crippen LogP contribution in [0.2, 0.25) is 0 Å². The van der Waals surface area contributed by atoms with Crippen LogP contribution in [0.25, 0.3) is 0 Å². The quantitative estimate of drug-likeness (QED) is 0.902. The highest BCUT2D eigenvalue weighted by molar-refractivity contribution is 5.33. The van der Waals surface area contributed by atoms with E-state index in [1.54, 1.807) is 0 Å². The zero-order chi connectivity index (χ0) is 14.7. The topological polar surface area (TPSA) is 60.2 Å². The van der Waals surface area contributed by atoms with Crippen LogP contribution in [0, 0.1) is 13.8 Å². The van der Waals surface area contributed by atoms with Gasteiger partial charge < -0.3 is 14.5 Å². The van der Waals surface area contributed by atoms with E-state index in [-0.39, 0.29) is 12.1 Å². The van der Waals surface area contributed by atoms with Gasteiger partial charge in [0.25, 0.3) is 0 Å². The molecule has 2 heterocycles. The average molecular weight is 275 g/mol. The van der Waals surface area contributed by atoms with E-state index in [0.717, 1.165) is 17.2 Å². The largest absolute Gasteiger partial charge is 0.475 e. The molecule has 1 unspecified atom stereocenters. The lowest BCUT2D eigenvalue weighted by atomic mass is 10.2. The van der Waals surface area contributed by atoms with Gasteiger partial charge in [-0.05, 0) is 46.8 Å². The lowest BCUT2D eigenvalue weighted by Gasteiger charge is -2.14. The van der Waals surface area contributed by atoms with Gasteiger partial charge in [0.05, 0.1) is 12.1 Å². The number of anilines is 1. The minimum atomic E-state index is -0.00241. The highest BCUT2D eigenvalue weighted by Crippen LogP contribution is 2.21. The minimum absolute atomic E-state index is 0.00241. The molecule has 0 bridgehead atoms. The SMILES string of the molecule is Cc1cc(OC(C)C)nc(NC(C)c2ccc(C)o2)n1. The maximum Gasteiger partial charge on any atom is 0.226 e. The number of nitrogens with one attached hydrogen (secondary N) is 1. The summed E-state index contributed by atoms with van der Waals surface area (Å²) in [7, 11) is 0. The van der Waals surface area contributed by atoms with E-state index in [1.165, 1.54) is 0 Å². The van der Waals surface area contributed by atoms with Crippen LogP contribution in [-0.2, 0) is 0 Å². The fraction of sp³-hybridized carbons (Fsp3) is 0.467. The van der Waals surface area contributed by atoms with Crippen molar-refractivity contribution in [1.82, 2.24) is 9.97 Å². The van der Waals surface area contributed by atoms with Gasteiger partial charge in [-0.2, -0.15) is 4.98 Å². The molecule has 5 nitrogen and oxygen atoms in total. The molecule has 1 atom stereocenters. The fourth-order valence-electron chi connectivity index (χ4n) is 1.86. The van der Waals surface area contributed by atoms with Gasteiger partial charge in [-0.15, -0.1) is 0 Å². The molecule has 0 fully saturated rings. The summed E-state index contributed by atoms with van der Waals surface area (Å²) in [6.07, 6.45) is 0.0855. The normalized spacial score (nSPS) is 12.5. The molecule has 0 aromatic carbocycles. The molecule has 0 aliphatic carbocycles. The monoisotopic (exact) mass is 275 g/mol. The van der Waals surface area contributed by atoms with E-state index < -0.39 is 0 Å². The van der Waals surface area contributed by atoms with Crippen molar-refractivity contribution in [2.45, 2.75) is 46.8 Å². The van der Waals surface area contributed by atoms with Crippen molar-refractivity contribution in [2.24, 2.45) is 0 Å². The molecule has 0 amide bonds. The first-order chi connectivity index (χ1) is 9.44. The molecule has 0 saturated carbocycles. The highest BCUT2D eigenvalue weighted by Gasteiger charge is 2.12. The number of aryl methyl sites for hydroxylation is 2. The van der Waals surface area contributed by atoms with E-state index in [9.17, 15) is 0 Å². The van der Waals surface area contributed by atoms with E-state index >= 15 is 0 Å². The third-order valence-corrected chi connectivity index (χ3v) is 2.72. The van der Waals surface area contributed by atoms with Gasteiger partial charge in [-0.3, -0.25) is 0 Å². The van der Waals surface area contributed by atoms with E-state index in [4.69, 9.17) is 9.15 Å². The summed E-state index contributed by atoms with van der Waals surface area (Å²) in [6.45, 7) is 9.79. The van der Waals surface area contributed by atoms with Gasteiger partial charge in [0.2, 0.25) is 11.8 Å². The number of hydrogen-bond donors (Lipinski definition) is 1. The van der Waals surface area contributed by atoms with Crippen LogP contribution in [0.3, 0.4) is 0 Å². The maximum absolute atomic E-state index is 5.61. The van der Waals surface area contributed by atoms with Gasteiger partial charge in [0, 0.05) is 11.8 Å². The Morgan fingerprint density at radius 2 is 1.90 bits per heavy atom. The number of ether oxygens (including phenoxy) is 1. The Balaban J connectivity index is 2.14. The summed E-state index contributed by atoms with van der Waals surface area (Å²) >= 11 is 0. The molecular formula is C15H21N3O2. The first-order valence-corrected chi connectivity index (χ1v) is 6.79. The second-order valence-corrected chi connectivity index (χ2v) is 5.15. The number of rotatable bonds is 5. The van der Waals surface area contributed by atoms with Crippen LogP contribution in [0.5, 0.6) is 5.88 Å². The summed E-state index contributed by atoms with van der Waals surface area (Å²) in [5, 5.41) is 3.23. The molecule has 5 heteroatoms. The van der Waals surface area contributed by atoms with Crippen molar-refractivity contribution in [2.75, 3.05) is 5.32 Å². The summed E-state index contributed by atoms with van der Waals surface area (Å²) < 4.78 is 11.2. The number of furan rings is 1. The Morgan fingerprint density at radius 3 is 2.50 bits per heavy atom. The molecule has 0 saturated heterocycles. The third-order valence-electron chi connectivity index (χ3n) is 2.72. The van der Waals surface area contributed by atoms with Crippen LogP contribution >= 0.6 is 0 Å². The summed E-state index contributed by atoms with van der Waals surface area (Å²) in [5.41, 5.74) is 0.862. The Labute approximate surface area is 119 Å². The van der Waals surface area contributed by atoms with Gasteiger partial charge >= 0.3 is 0 Å². The Kier molecular flexibility index (Phi) is 4.27. The van der Waals surface area contributed by atoms with Crippen molar-refractivity contribution in [3.05, 3.63) is 35.4 Å². The minimum Gasteiger partial charge on any atom is -0.475 e. The molecule has 1 N–H and O–H groups in total. The molecule has 2 aromatic heterocycles. The Bertz CT molecular complexity index is 578. The summed E-state index contributed by atoms with van der Waals surface area (Å²) in [5.74, 6) is 2.88. The molecule has 2 rings (SSSR count). The van der Waals surface area contributed by atoms with Crippen LogP contribution in [-0.4, -0.2) is 16.1 Å². The number of aromatic nitrogens is 2. The lowest BCUT2D eigenvalue weighted by molar-refractivity contribution is 0.232. The average Bonchev–Trinajstić information content (AvgIpc) is 2.74. The molecule has 0 aliphatic rings. The summed E-state index contributed by atoms with van der Waals surface area (Å²) in [4.78, 5) is 8.73. The van der Waals surface area contributed by atoms with Gasteiger partial charge in [-0.1, -0.05) is 0 Å². The fourth-order valence-corrected chi connectivity index (χ4v) is 1.86. The third kappa shape index (κ3) is 3.73. The maximum atomic E-state index is 5.61. The smallest absolute Gasteiger partial charge is 0.226 e. The highest BCUT2D eigenvalue weighted by atomic mass is 16.5. The Hall–Kier alpha value is -2.04. The molecular weight excluding hydrogens is 254 g/mol. The number of hydrogen-bond acceptors (Lipinski definition) is 5. The second-order valence-electron chi connectivity index (χ2n) is 5.15.